The molecule has 9 aromatic carbocycles. The smallest absolute Gasteiger partial charge is 0.236 e. The van der Waals surface area contributed by atoms with Crippen molar-refractivity contribution in [2.24, 2.45) is 0 Å². The lowest BCUT2D eigenvalue weighted by Gasteiger charge is -2.26. The summed E-state index contributed by atoms with van der Waals surface area (Å²) in [4.78, 5) is 4.55. The maximum atomic E-state index is 12.0. The molecule has 64 heavy (non-hydrogen) atoms. The number of para-hydroxylation sites is 6. The van der Waals surface area contributed by atoms with Crippen molar-refractivity contribution < 1.29 is 4.42 Å². The molecule has 294 valence electrons. The number of fused-ring (bicyclic) bond motifs is 13. The molecule has 13 aromatic rings. The third kappa shape index (κ3) is 4.66. The summed E-state index contributed by atoms with van der Waals surface area (Å²) in [5, 5.41) is 30.0. The van der Waals surface area contributed by atoms with E-state index >= 15 is 0 Å². The van der Waals surface area contributed by atoms with E-state index in [1.54, 1.807) is 0 Å². The van der Waals surface area contributed by atoms with E-state index in [0.29, 0.717) is 39.4 Å². The van der Waals surface area contributed by atoms with Crippen LogP contribution in [0.3, 0.4) is 0 Å². The highest BCUT2D eigenvalue weighted by Crippen LogP contribution is 2.52. The zero-order chi connectivity index (χ0) is 42.6. The summed E-state index contributed by atoms with van der Waals surface area (Å²) in [7, 11) is 0. The Bertz CT molecular complexity index is 4030. The first-order valence-corrected chi connectivity index (χ1v) is 21.0. The average Bonchev–Trinajstić information content (AvgIpc) is 4.09. The predicted octanol–water partition coefficient (Wildman–Crippen LogP) is 14.8. The Morgan fingerprint density at radius 1 is 0.422 bits per heavy atom. The number of benzene rings is 9. The summed E-state index contributed by atoms with van der Waals surface area (Å²) in [5.41, 5.74) is 11.1. The van der Waals surface area contributed by atoms with E-state index in [9.17, 15) is 17.1 Å². The maximum Gasteiger partial charge on any atom is 0.236 e. The number of hydrogen-bond donors (Lipinski definition) is 0. The quantitative estimate of drug-likeness (QED) is 0.166. The maximum absolute atomic E-state index is 12.0. The monoisotopic (exact) mass is 814 g/mol. The topological polar surface area (TPSA) is 79.9 Å². The summed E-state index contributed by atoms with van der Waals surface area (Å²) in [6.45, 7) is 9.39. The van der Waals surface area contributed by atoms with Gasteiger partial charge in [0.15, 0.2) is 0 Å². The van der Waals surface area contributed by atoms with Crippen LogP contribution in [0, 0.1) is 29.2 Å². The van der Waals surface area contributed by atoms with Crippen LogP contribution in [0.2, 0.25) is 0 Å². The van der Waals surface area contributed by atoms with Crippen LogP contribution in [-0.4, -0.2) is 13.7 Å². The molecule has 0 saturated heterocycles. The molecule has 4 heterocycles. The van der Waals surface area contributed by atoms with Crippen LogP contribution in [0.1, 0.15) is 11.1 Å². The van der Waals surface area contributed by atoms with Gasteiger partial charge in [-0.25, -0.2) is 4.85 Å². The van der Waals surface area contributed by atoms with Gasteiger partial charge in [0.25, 0.3) is 0 Å². The molecule has 0 bridgehead atoms. The van der Waals surface area contributed by atoms with Gasteiger partial charge in [0.05, 0.1) is 79.3 Å². The van der Waals surface area contributed by atoms with Crippen molar-refractivity contribution in [3.8, 4) is 40.3 Å². The largest absolute Gasteiger partial charge is 0.455 e. The molecule has 0 N–H and O–H groups in total. The lowest BCUT2D eigenvalue weighted by atomic mass is 9.93. The Kier molecular flexibility index (Phi) is 7.37. The Morgan fingerprint density at radius 3 is 1.42 bits per heavy atom. The minimum absolute atomic E-state index is 0.305. The van der Waals surface area contributed by atoms with Crippen molar-refractivity contribution in [1.82, 2.24) is 13.7 Å². The molecule has 0 aliphatic rings. The first-order valence-electron chi connectivity index (χ1n) is 21.0. The minimum atomic E-state index is 0.305. The van der Waals surface area contributed by atoms with Crippen LogP contribution in [0.15, 0.2) is 186 Å². The normalized spacial score (nSPS) is 11.7. The highest BCUT2D eigenvalue weighted by atomic mass is 16.3. The van der Waals surface area contributed by atoms with E-state index in [4.69, 9.17) is 4.42 Å². The van der Waals surface area contributed by atoms with Crippen molar-refractivity contribution in [2.45, 2.75) is 0 Å². The summed E-state index contributed by atoms with van der Waals surface area (Å²) in [6, 6.07) is 66.1. The lowest BCUT2D eigenvalue weighted by molar-refractivity contribution is 0.673. The summed E-state index contributed by atoms with van der Waals surface area (Å²) in [5.74, 6) is 0. The van der Waals surface area contributed by atoms with Crippen molar-refractivity contribution in [1.29, 1.82) is 10.5 Å². The van der Waals surface area contributed by atoms with Crippen LogP contribution >= 0.6 is 0 Å². The molecular weight excluding hydrogens is 785 g/mol. The van der Waals surface area contributed by atoms with Gasteiger partial charge in [-0.15, -0.1) is 0 Å². The Morgan fingerprint density at radius 2 is 0.891 bits per heavy atom. The number of nitrogens with zero attached hydrogens (tertiary/aromatic N) is 6. The number of nitriles is 2. The van der Waals surface area contributed by atoms with Gasteiger partial charge in [-0.1, -0.05) is 121 Å². The molecule has 0 unspecified atom stereocenters. The van der Waals surface area contributed by atoms with Crippen molar-refractivity contribution in [2.75, 3.05) is 0 Å². The Hall–Kier alpha value is -9.35. The number of rotatable bonds is 4. The van der Waals surface area contributed by atoms with Crippen molar-refractivity contribution in [3.63, 3.8) is 0 Å². The van der Waals surface area contributed by atoms with E-state index in [0.717, 1.165) is 92.9 Å². The highest BCUT2D eigenvalue weighted by molar-refractivity contribution is 6.24. The molecule has 0 atom stereocenters. The zero-order valence-corrected chi connectivity index (χ0v) is 33.9. The van der Waals surface area contributed by atoms with Crippen molar-refractivity contribution >= 4 is 93.0 Å². The fourth-order valence-electron chi connectivity index (χ4n) is 10.4. The number of aromatic nitrogens is 3. The molecule has 0 radical (unpaired) electrons. The van der Waals surface area contributed by atoms with Crippen LogP contribution in [0.4, 0.5) is 5.69 Å². The molecule has 0 saturated carbocycles. The third-order valence-electron chi connectivity index (χ3n) is 12.9. The zero-order valence-electron chi connectivity index (χ0n) is 33.9. The number of furan rings is 1. The van der Waals surface area contributed by atoms with Crippen LogP contribution in [0.25, 0.3) is 120 Å². The van der Waals surface area contributed by atoms with Gasteiger partial charge >= 0.3 is 0 Å². The van der Waals surface area contributed by atoms with Crippen LogP contribution < -0.4 is 0 Å². The fraction of sp³-hybridized carbons (Fsp3) is 0. The molecule has 0 fully saturated rings. The van der Waals surface area contributed by atoms with E-state index in [2.05, 4.69) is 110 Å². The fourth-order valence-corrected chi connectivity index (χ4v) is 10.4. The summed E-state index contributed by atoms with van der Waals surface area (Å²) >= 11 is 0. The van der Waals surface area contributed by atoms with Crippen molar-refractivity contribution in [3.05, 3.63) is 205 Å². The molecular formula is C57H30N6O. The van der Waals surface area contributed by atoms with Crippen LogP contribution in [0.5, 0.6) is 0 Å². The van der Waals surface area contributed by atoms with Gasteiger partial charge in [0.2, 0.25) is 5.69 Å². The third-order valence-corrected chi connectivity index (χ3v) is 12.9. The van der Waals surface area contributed by atoms with Gasteiger partial charge in [-0.2, -0.15) is 10.5 Å². The van der Waals surface area contributed by atoms with Gasteiger partial charge in [0, 0.05) is 43.3 Å². The molecule has 13 rings (SSSR count). The molecule has 0 aliphatic heterocycles. The van der Waals surface area contributed by atoms with E-state index in [1.165, 1.54) is 0 Å². The van der Waals surface area contributed by atoms with Crippen LogP contribution in [-0.2, 0) is 0 Å². The second-order valence-electron chi connectivity index (χ2n) is 16.1. The molecule has 7 heteroatoms. The number of hydrogen-bond acceptors (Lipinski definition) is 3. The summed E-state index contributed by atoms with van der Waals surface area (Å²) in [6.07, 6.45) is 0. The average molecular weight is 815 g/mol. The first kappa shape index (κ1) is 35.4. The Labute approximate surface area is 365 Å². The summed E-state index contributed by atoms with van der Waals surface area (Å²) < 4.78 is 13.2. The van der Waals surface area contributed by atoms with Gasteiger partial charge in [-0.05, 0) is 66.2 Å². The second kappa shape index (κ2) is 13.3. The predicted molar refractivity (Wildman–Crippen MR) is 258 cm³/mol. The SMILES string of the molecule is [C-]#[N+]c1c(-n2c3ccccc3c3ccccc32)c(-c2ccc(C#N)cc2)c(-n2c3ccccc3c3ccccc32)c(C#N)c1-n1c2ccccc2c2c3oc4ccccc4c3ccc21. The molecule has 4 aromatic heterocycles. The molecule has 0 aliphatic carbocycles. The molecule has 0 amide bonds. The molecule has 7 nitrogen and oxygen atoms in total. The van der Waals surface area contributed by atoms with Gasteiger partial charge in [-0.3, -0.25) is 0 Å². The standard InChI is InChI=1S/C57H30N6O/c1-60-53-55(63-48-24-12-6-19-42(48)52-49(63)31-30-41-40-18-7-13-25-50(40)64-57(41)52)43(33-59)54(61-44-20-8-2-14-36(44)37-15-3-9-21-45(37)61)51(35-28-26-34(32-58)27-29-35)56(53)62-46-22-10-4-16-38(46)39-17-5-11-23-47(39)62/h2-31H. The first-order chi connectivity index (χ1) is 31.7. The highest BCUT2D eigenvalue weighted by Gasteiger charge is 2.33. The van der Waals surface area contributed by atoms with Gasteiger partial charge < -0.3 is 18.1 Å². The van der Waals surface area contributed by atoms with Gasteiger partial charge in [0.1, 0.15) is 17.2 Å². The lowest BCUT2D eigenvalue weighted by Crippen LogP contribution is -2.11. The molecule has 0 spiro atoms. The van der Waals surface area contributed by atoms with E-state index in [1.807, 2.05) is 103 Å². The van der Waals surface area contributed by atoms with E-state index < -0.39 is 0 Å². The van der Waals surface area contributed by atoms with E-state index in [-0.39, 0.29) is 0 Å². The Balaban J connectivity index is 1.33. The minimum Gasteiger partial charge on any atom is -0.455 e. The second-order valence-corrected chi connectivity index (χ2v) is 16.1.